The fraction of sp³-hybridized carbons (Fsp3) is 0.375. The molecule has 0 unspecified atom stereocenters. The lowest BCUT2D eigenvalue weighted by molar-refractivity contribution is -0.122. The van der Waals surface area contributed by atoms with Crippen molar-refractivity contribution in [3.8, 4) is 0 Å². The Kier molecular flexibility index (Phi) is 4.62. The minimum absolute atomic E-state index is 0.0416. The van der Waals surface area contributed by atoms with Crippen molar-refractivity contribution in [1.29, 1.82) is 0 Å². The molecule has 22 heavy (non-hydrogen) atoms. The van der Waals surface area contributed by atoms with Crippen LogP contribution in [0.15, 0.2) is 36.5 Å². The summed E-state index contributed by atoms with van der Waals surface area (Å²) in [5.41, 5.74) is 1.59. The lowest BCUT2D eigenvalue weighted by Crippen LogP contribution is -2.47. The van der Waals surface area contributed by atoms with Gasteiger partial charge in [0.2, 0.25) is 5.91 Å². The number of hydrogen-bond donors (Lipinski definition) is 3. The van der Waals surface area contributed by atoms with Crippen molar-refractivity contribution in [3.05, 3.63) is 36.5 Å². The van der Waals surface area contributed by atoms with Gasteiger partial charge in [0.1, 0.15) is 0 Å². The van der Waals surface area contributed by atoms with Gasteiger partial charge in [-0.25, -0.2) is 0 Å². The zero-order chi connectivity index (χ0) is 15.4. The second kappa shape index (κ2) is 6.83. The molecule has 1 fully saturated rings. The van der Waals surface area contributed by atoms with Crippen LogP contribution in [0.3, 0.4) is 0 Å². The van der Waals surface area contributed by atoms with E-state index in [2.05, 4.69) is 15.6 Å². The van der Waals surface area contributed by atoms with Gasteiger partial charge in [0.15, 0.2) is 0 Å². The van der Waals surface area contributed by atoms with Crippen LogP contribution >= 0.6 is 0 Å². The number of benzene rings is 1. The normalized spacial score (nSPS) is 21.7. The first-order chi connectivity index (χ1) is 10.8. The fourth-order valence-corrected chi connectivity index (χ4v) is 2.62. The number of amides is 1. The minimum atomic E-state index is -0.242. The topological polar surface area (TPSA) is 83.5 Å². The summed E-state index contributed by atoms with van der Waals surface area (Å²) in [5, 5.41) is 16.1. The van der Waals surface area contributed by atoms with Crippen molar-refractivity contribution in [2.75, 3.05) is 25.0 Å². The number of pyridine rings is 1. The summed E-state index contributed by atoms with van der Waals surface area (Å²) in [6, 6.07) is 9.41. The third-order valence-corrected chi connectivity index (χ3v) is 3.67. The van der Waals surface area contributed by atoms with Gasteiger partial charge in [0.25, 0.3) is 0 Å². The molecule has 1 aliphatic heterocycles. The number of morpholine rings is 1. The number of nitrogens with one attached hydrogen (secondary N) is 2. The number of aromatic nitrogens is 1. The summed E-state index contributed by atoms with van der Waals surface area (Å²) < 4.78 is 5.65. The molecule has 2 atom stereocenters. The van der Waals surface area contributed by atoms with Gasteiger partial charge in [-0.05, 0) is 24.3 Å². The van der Waals surface area contributed by atoms with Crippen LogP contribution < -0.4 is 10.6 Å². The monoisotopic (exact) mass is 301 g/mol. The molecule has 0 radical (unpaired) electrons. The van der Waals surface area contributed by atoms with Crippen LogP contribution in [0.5, 0.6) is 0 Å². The molecule has 0 bridgehead atoms. The molecule has 3 N–H and O–H groups in total. The summed E-state index contributed by atoms with van der Waals surface area (Å²) in [5.74, 6) is -0.109. The van der Waals surface area contributed by atoms with Crippen LogP contribution in [-0.2, 0) is 9.53 Å². The average Bonchev–Trinajstić information content (AvgIpc) is 2.55. The van der Waals surface area contributed by atoms with E-state index < -0.39 is 0 Å². The van der Waals surface area contributed by atoms with Gasteiger partial charge in [0.05, 0.1) is 36.4 Å². The van der Waals surface area contributed by atoms with Crippen LogP contribution in [0.2, 0.25) is 0 Å². The van der Waals surface area contributed by atoms with Crippen LogP contribution in [0, 0.1) is 0 Å². The molecule has 0 saturated carbocycles. The molecular formula is C16H19N3O3. The number of carbonyl (C=O) groups is 1. The number of aliphatic hydroxyl groups excluding tert-OH is 1. The molecule has 1 aromatic carbocycles. The molecule has 116 valence electrons. The van der Waals surface area contributed by atoms with Crippen molar-refractivity contribution < 1.29 is 14.6 Å². The van der Waals surface area contributed by atoms with Crippen molar-refractivity contribution in [1.82, 2.24) is 10.3 Å². The number of hydrogen-bond acceptors (Lipinski definition) is 5. The highest BCUT2D eigenvalue weighted by molar-refractivity contribution is 6.01. The number of fused-ring (bicyclic) bond motifs is 1. The standard InChI is InChI=1S/C16H19N3O3/c20-10-12-9-17-8-11(22-12)7-16(21)19-15-5-1-4-14-13(15)3-2-6-18-14/h1-6,11-12,17,20H,7-10H2,(H,19,21)/t11-,12+/m1/s1. The lowest BCUT2D eigenvalue weighted by atomic mass is 10.1. The van der Waals surface area contributed by atoms with E-state index in [0.717, 1.165) is 16.6 Å². The highest BCUT2D eigenvalue weighted by Gasteiger charge is 2.23. The first kappa shape index (κ1) is 14.9. The van der Waals surface area contributed by atoms with Crippen LogP contribution in [0.1, 0.15) is 6.42 Å². The Balaban J connectivity index is 1.66. The highest BCUT2D eigenvalue weighted by Crippen LogP contribution is 2.21. The van der Waals surface area contributed by atoms with E-state index in [1.165, 1.54) is 0 Å². The van der Waals surface area contributed by atoms with E-state index in [4.69, 9.17) is 9.84 Å². The van der Waals surface area contributed by atoms with Crippen LogP contribution in [0.25, 0.3) is 10.9 Å². The average molecular weight is 301 g/mol. The number of carbonyl (C=O) groups excluding carboxylic acids is 1. The Labute approximate surface area is 128 Å². The maximum absolute atomic E-state index is 12.2. The first-order valence-corrected chi connectivity index (χ1v) is 7.37. The third-order valence-electron chi connectivity index (χ3n) is 3.67. The molecule has 6 heteroatoms. The fourth-order valence-electron chi connectivity index (χ4n) is 2.62. The smallest absolute Gasteiger partial charge is 0.227 e. The van der Waals surface area contributed by atoms with E-state index in [9.17, 15) is 4.79 Å². The van der Waals surface area contributed by atoms with Crippen LogP contribution in [0.4, 0.5) is 5.69 Å². The minimum Gasteiger partial charge on any atom is -0.394 e. The summed E-state index contributed by atoms with van der Waals surface area (Å²) in [4.78, 5) is 16.5. The van der Waals surface area contributed by atoms with Gasteiger partial charge in [-0.3, -0.25) is 9.78 Å². The number of rotatable bonds is 4. The van der Waals surface area contributed by atoms with E-state index in [-0.39, 0.29) is 31.1 Å². The summed E-state index contributed by atoms with van der Waals surface area (Å²) in [6.07, 6.45) is 1.51. The molecule has 6 nitrogen and oxygen atoms in total. The van der Waals surface area contributed by atoms with E-state index in [1.54, 1.807) is 6.20 Å². The van der Waals surface area contributed by atoms with Gasteiger partial charge >= 0.3 is 0 Å². The van der Waals surface area contributed by atoms with E-state index in [0.29, 0.717) is 13.1 Å². The zero-order valence-electron chi connectivity index (χ0n) is 12.2. The molecule has 3 rings (SSSR count). The SMILES string of the molecule is O=C(C[C@@H]1CNC[C@@H](CO)O1)Nc1cccc2ncccc12. The van der Waals surface area contributed by atoms with Crippen molar-refractivity contribution in [3.63, 3.8) is 0 Å². The predicted octanol–water partition coefficient (Wildman–Crippen LogP) is 0.913. The second-order valence-electron chi connectivity index (χ2n) is 5.35. The third kappa shape index (κ3) is 3.41. The Morgan fingerprint density at radius 3 is 3.05 bits per heavy atom. The molecule has 2 heterocycles. The van der Waals surface area contributed by atoms with E-state index >= 15 is 0 Å². The highest BCUT2D eigenvalue weighted by atomic mass is 16.5. The molecule has 1 saturated heterocycles. The second-order valence-corrected chi connectivity index (χ2v) is 5.35. The Morgan fingerprint density at radius 2 is 2.18 bits per heavy atom. The summed E-state index contributed by atoms with van der Waals surface area (Å²) >= 11 is 0. The quantitative estimate of drug-likeness (QED) is 0.782. The molecule has 1 aliphatic rings. The van der Waals surface area contributed by atoms with Crippen LogP contribution in [-0.4, -0.2) is 47.9 Å². The first-order valence-electron chi connectivity index (χ1n) is 7.37. The number of nitrogens with zero attached hydrogens (tertiary/aromatic N) is 1. The molecule has 0 aliphatic carbocycles. The van der Waals surface area contributed by atoms with Gasteiger partial charge in [0, 0.05) is 24.7 Å². The number of anilines is 1. The van der Waals surface area contributed by atoms with Gasteiger partial charge in [-0.2, -0.15) is 0 Å². The lowest BCUT2D eigenvalue weighted by Gasteiger charge is -2.29. The molecule has 1 aromatic heterocycles. The molecule has 0 spiro atoms. The molecule has 2 aromatic rings. The molecular weight excluding hydrogens is 282 g/mol. The van der Waals surface area contributed by atoms with Gasteiger partial charge in [-0.1, -0.05) is 6.07 Å². The summed E-state index contributed by atoms with van der Waals surface area (Å²) in [6.45, 7) is 1.19. The molecule has 1 amide bonds. The zero-order valence-corrected chi connectivity index (χ0v) is 12.2. The largest absolute Gasteiger partial charge is 0.394 e. The maximum Gasteiger partial charge on any atom is 0.227 e. The van der Waals surface area contributed by atoms with Crippen molar-refractivity contribution in [2.24, 2.45) is 0 Å². The Bertz CT molecular complexity index is 657. The van der Waals surface area contributed by atoms with Gasteiger partial charge in [-0.15, -0.1) is 0 Å². The van der Waals surface area contributed by atoms with Crippen molar-refractivity contribution in [2.45, 2.75) is 18.6 Å². The van der Waals surface area contributed by atoms with E-state index in [1.807, 2.05) is 30.3 Å². The predicted molar refractivity (Wildman–Crippen MR) is 83.6 cm³/mol. The van der Waals surface area contributed by atoms with Crippen molar-refractivity contribution >= 4 is 22.5 Å². The van der Waals surface area contributed by atoms with Gasteiger partial charge < -0.3 is 20.5 Å². The number of ether oxygens (including phenoxy) is 1. The number of aliphatic hydroxyl groups is 1. The summed E-state index contributed by atoms with van der Waals surface area (Å²) in [7, 11) is 0. The Hall–Kier alpha value is -2.02. The maximum atomic E-state index is 12.2. The Morgan fingerprint density at radius 1 is 1.32 bits per heavy atom.